The first kappa shape index (κ1) is 21.1. The van der Waals surface area contributed by atoms with E-state index >= 15 is 0 Å². The van der Waals surface area contributed by atoms with Gasteiger partial charge in [-0.1, -0.05) is 38.1 Å². The van der Waals surface area contributed by atoms with Crippen LogP contribution in [0.25, 0.3) is 11.3 Å². The highest BCUT2D eigenvalue weighted by molar-refractivity contribution is 5.80. The van der Waals surface area contributed by atoms with E-state index < -0.39 is 30.1 Å². The quantitative estimate of drug-likeness (QED) is 0.589. The molecule has 2 aromatic heterocycles. The summed E-state index contributed by atoms with van der Waals surface area (Å²) in [5.41, 5.74) is 8.94. The van der Waals surface area contributed by atoms with E-state index in [0.717, 1.165) is 16.8 Å². The summed E-state index contributed by atoms with van der Waals surface area (Å²) in [6.07, 6.45) is 0.465. The largest absolute Gasteiger partial charge is 0.368 e. The number of aromatic amines is 1. The highest BCUT2D eigenvalue weighted by atomic mass is 19.1. The zero-order valence-electron chi connectivity index (χ0n) is 17.4. The molecule has 0 aliphatic carbocycles. The van der Waals surface area contributed by atoms with Crippen molar-refractivity contribution >= 4 is 5.91 Å². The maximum atomic E-state index is 14.8. The molecule has 4 rings (SSSR count). The Hall–Kier alpha value is -3.13. The predicted octanol–water partition coefficient (Wildman–Crippen LogP) is 3.72. The highest BCUT2D eigenvalue weighted by Crippen LogP contribution is 2.36. The first-order chi connectivity index (χ1) is 14.8. The van der Waals surface area contributed by atoms with Gasteiger partial charge in [0.1, 0.15) is 6.17 Å². The summed E-state index contributed by atoms with van der Waals surface area (Å²) in [7, 11) is 0. The van der Waals surface area contributed by atoms with Crippen molar-refractivity contribution < 1.29 is 13.6 Å². The van der Waals surface area contributed by atoms with Gasteiger partial charge in [0.2, 0.25) is 11.9 Å². The van der Waals surface area contributed by atoms with E-state index in [1.54, 1.807) is 23.2 Å². The number of benzene rings is 1. The topological polar surface area (TPSA) is 87.9 Å². The third-order valence-corrected chi connectivity index (χ3v) is 5.76. The fourth-order valence-corrected chi connectivity index (χ4v) is 4.24. The van der Waals surface area contributed by atoms with Crippen LogP contribution < -0.4 is 5.73 Å². The second-order valence-electron chi connectivity index (χ2n) is 8.22. The molecule has 0 saturated carbocycles. The number of hydrogen-bond acceptors (Lipinski definition) is 4. The number of rotatable bonds is 6. The molecule has 6 nitrogen and oxygen atoms in total. The number of primary amides is 1. The van der Waals surface area contributed by atoms with E-state index in [0.29, 0.717) is 11.3 Å². The van der Waals surface area contributed by atoms with Crippen molar-refractivity contribution in [2.24, 2.45) is 5.73 Å². The Labute approximate surface area is 179 Å². The second-order valence-corrected chi connectivity index (χ2v) is 8.22. The molecule has 1 aliphatic heterocycles. The maximum Gasteiger partial charge on any atom is 0.234 e. The van der Waals surface area contributed by atoms with Gasteiger partial charge in [0, 0.05) is 24.7 Å². The number of amides is 1. The number of alkyl halides is 1. The van der Waals surface area contributed by atoms with Gasteiger partial charge in [0.25, 0.3) is 0 Å². The van der Waals surface area contributed by atoms with E-state index in [-0.39, 0.29) is 18.9 Å². The van der Waals surface area contributed by atoms with Gasteiger partial charge >= 0.3 is 0 Å². The number of H-pyrrole nitrogens is 1. The monoisotopic (exact) mass is 425 g/mol. The molecule has 1 aliphatic rings. The molecule has 8 heteroatoms. The lowest BCUT2D eigenvalue weighted by atomic mass is 9.96. The summed E-state index contributed by atoms with van der Waals surface area (Å²) in [5.74, 6) is -1.19. The van der Waals surface area contributed by atoms with Crippen LogP contribution in [0.2, 0.25) is 0 Å². The van der Waals surface area contributed by atoms with Crippen molar-refractivity contribution in [3.8, 4) is 11.3 Å². The minimum atomic E-state index is -1.20. The number of nitrogens with zero attached hydrogens (tertiary/aromatic N) is 3. The SMILES string of the molecule is CC(C)c1ccc([C@H](c2cccc(-c3ccn[nH]3)c2)N2CC(F)CC2C(N)=O)nc1F. The van der Waals surface area contributed by atoms with Crippen LogP contribution in [0, 0.1) is 5.95 Å². The molecule has 0 bridgehead atoms. The minimum Gasteiger partial charge on any atom is -0.368 e. The zero-order valence-corrected chi connectivity index (χ0v) is 17.4. The van der Waals surface area contributed by atoms with E-state index in [9.17, 15) is 13.6 Å². The molecule has 162 valence electrons. The third kappa shape index (κ3) is 4.20. The Balaban J connectivity index is 1.83. The van der Waals surface area contributed by atoms with E-state index in [4.69, 9.17) is 5.73 Å². The Kier molecular flexibility index (Phi) is 5.82. The summed E-state index contributed by atoms with van der Waals surface area (Å²) in [5, 5.41) is 6.90. The van der Waals surface area contributed by atoms with Gasteiger partial charge in [-0.2, -0.15) is 9.49 Å². The van der Waals surface area contributed by atoms with Crippen LogP contribution in [0.15, 0.2) is 48.7 Å². The number of halogens is 2. The van der Waals surface area contributed by atoms with Crippen LogP contribution in [0.5, 0.6) is 0 Å². The molecular formula is C23H25F2N5O. The first-order valence-electron chi connectivity index (χ1n) is 10.3. The predicted molar refractivity (Wildman–Crippen MR) is 113 cm³/mol. The van der Waals surface area contributed by atoms with Crippen LogP contribution in [0.4, 0.5) is 8.78 Å². The number of carbonyl (C=O) groups excluding carboxylic acids is 1. The van der Waals surface area contributed by atoms with Crippen LogP contribution in [0.3, 0.4) is 0 Å². The number of nitrogens with two attached hydrogens (primary N) is 1. The number of aromatic nitrogens is 3. The third-order valence-electron chi connectivity index (χ3n) is 5.76. The number of hydrogen-bond donors (Lipinski definition) is 2. The Bertz CT molecular complexity index is 1070. The molecular weight excluding hydrogens is 400 g/mol. The number of likely N-dealkylation sites (tertiary alicyclic amines) is 1. The van der Waals surface area contributed by atoms with Crippen molar-refractivity contribution in [2.75, 3.05) is 6.54 Å². The highest BCUT2D eigenvalue weighted by Gasteiger charge is 2.41. The molecule has 0 radical (unpaired) electrons. The molecule has 1 aromatic carbocycles. The fourth-order valence-electron chi connectivity index (χ4n) is 4.24. The Morgan fingerprint density at radius 1 is 1.26 bits per heavy atom. The molecule has 0 spiro atoms. The fraction of sp³-hybridized carbons (Fsp3) is 0.348. The molecule has 3 aromatic rings. The zero-order chi connectivity index (χ0) is 22.1. The van der Waals surface area contributed by atoms with Gasteiger partial charge in [-0.05, 0) is 35.2 Å². The minimum absolute atomic E-state index is 0.0125. The second kappa shape index (κ2) is 8.55. The van der Waals surface area contributed by atoms with E-state index in [2.05, 4.69) is 15.2 Å². The van der Waals surface area contributed by atoms with Gasteiger partial charge in [-0.25, -0.2) is 9.37 Å². The van der Waals surface area contributed by atoms with Gasteiger partial charge < -0.3 is 5.73 Å². The van der Waals surface area contributed by atoms with Crippen LogP contribution >= 0.6 is 0 Å². The van der Waals surface area contributed by atoms with Crippen LogP contribution in [-0.2, 0) is 4.79 Å². The van der Waals surface area contributed by atoms with Gasteiger partial charge in [-0.15, -0.1) is 0 Å². The van der Waals surface area contributed by atoms with Crippen LogP contribution in [-0.4, -0.2) is 44.7 Å². The maximum absolute atomic E-state index is 14.8. The molecule has 31 heavy (non-hydrogen) atoms. The van der Waals surface area contributed by atoms with Crippen molar-refractivity contribution in [3.05, 3.63) is 71.4 Å². The van der Waals surface area contributed by atoms with Crippen molar-refractivity contribution in [1.82, 2.24) is 20.1 Å². The average molecular weight is 425 g/mol. The first-order valence-corrected chi connectivity index (χ1v) is 10.3. The summed E-state index contributed by atoms with van der Waals surface area (Å²) >= 11 is 0. The molecule has 1 saturated heterocycles. The molecule has 3 N–H and O–H groups in total. The average Bonchev–Trinajstić information content (AvgIpc) is 3.38. The Morgan fingerprint density at radius 2 is 2.06 bits per heavy atom. The normalized spacial score (nSPS) is 20.3. The lowest BCUT2D eigenvalue weighted by molar-refractivity contribution is -0.122. The van der Waals surface area contributed by atoms with Crippen molar-refractivity contribution in [1.29, 1.82) is 0 Å². The number of pyridine rings is 1. The Morgan fingerprint density at radius 3 is 2.71 bits per heavy atom. The lowest BCUT2D eigenvalue weighted by Gasteiger charge is -2.32. The molecule has 1 amide bonds. The standard InChI is InChI=1S/C23H25F2N5O/c1-13(2)17-6-7-19(28-22(17)25)21(30-12-16(24)11-20(30)23(26)31)15-5-3-4-14(10-15)18-8-9-27-29-18/h3-10,13,16,20-21H,11-12H2,1-2H3,(H2,26,31)(H,27,29)/t16?,20?,21-/m0/s1. The van der Waals surface area contributed by atoms with Gasteiger partial charge in [0.05, 0.1) is 23.5 Å². The summed E-state index contributed by atoms with van der Waals surface area (Å²) in [4.78, 5) is 18.0. The summed E-state index contributed by atoms with van der Waals surface area (Å²) < 4.78 is 29.2. The molecule has 3 heterocycles. The number of nitrogens with one attached hydrogen (secondary N) is 1. The van der Waals surface area contributed by atoms with Crippen LogP contribution in [0.1, 0.15) is 49.0 Å². The lowest BCUT2D eigenvalue weighted by Crippen LogP contribution is -2.43. The van der Waals surface area contributed by atoms with Crippen molar-refractivity contribution in [3.63, 3.8) is 0 Å². The molecule has 3 atom stereocenters. The molecule has 2 unspecified atom stereocenters. The smallest absolute Gasteiger partial charge is 0.234 e. The van der Waals surface area contributed by atoms with Gasteiger partial charge in [0.15, 0.2) is 0 Å². The number of carbonyl (C=O) groups is 1. The summed E-state index contributed by atoms with van der Waals surface area (Å²) in [6, 6.07) is 11.4. The van der Waals surface area contributed by atoms with E-state index in [1.807, 2.05) is 44.2 Å². The van der Waals surface area contributed by atoms with E-state index in [1.165, 1.54) is 0 Å². The van der Waals surface area contributed by atoms with Crippen molar-refractivity contribution in [2.45, 2.75) is 44.4 Å². The summed E-state index contributed by atoms with van der Waals surface area (Å²) in [6.45, 7) is 3.80. The van der Waals surface area contributed by atoms with Gasteiger partial charge in [-0.3, -0.25) is 14.8 Å². The molecule has 1 fully saturated rings.